The highest BCUT2D eigenvalue weighted by molar-refractivity contribution is 6.04. The van der Waals surface area contributed by atoms with E-state index in [-0.39, 0.29) is 17.5 Å². The van der Waals surface area contributed by atoms with Crippen molar-refractivity contribution < 1.29 is 14.3 Å². The van der Waals surface area contributed by atoms with Crippen LogP contribution in [0, 0.1) is 11.8 Å². The van der Waals surface area contributed by atoms with Gasteiger partial charge in [-0.25, -0.2) is 0 Å². The van der Waals surface area contributed by atoms with Crippen molar-refractivity contribution in [2.75, 3.05) is 6.61 Å². The Hall–Kier alpha value is -2.42. The van der Waals surface area contributed by atoms with Gasteiger partial charge in [0.1, 0.15) is 5.75 Å². The van der Waals surface area contributed by atoms with E-state index in [9.17, 15) is 9.59 Å². The molecule has 1 aliphatic heterocycles. The molecular formula is C23H24O3. The number of rotatable bonds is 6. The summed E-state index contributed by atoms with van der Waals surface area (Å²) in [5.74, 6) is 2.06. The smallest absolute Gasteiger partial charge is 0.166 e. The predicted molar refractivity (Wildman–Crippen MR) is 101 cm³/mol. The molecule has 0 unspecified atom stereocenters. The monoisotopic (exact) mass is 348 g/mol. The number of hydrogen-bond donors (Lipinski definition) is 0. The van der Waals surface area contributed by atoms with Crippen LogP contribution >= 0.6 is 0 Å². The molecule has 0 bridgehead atoms. The first-order valence-corrected chi connectivity index (χ1v) is 9.50. The minimum atomic E-state index is 0.0319. The van der Waals surface area contributed by atoms with Crippen molar-refractivity contribution in [2.45, 2.75) is 39.0 Å². The molecule has 0 saturated heterocycles. The molecule has 3 atom stereocenters. The van der Waals surface area contributed by atoms with Crippen LogP contribution in [0.25, 0.3) is 0 Å². The van der Waals surface area contributed by atoms with E-state index in [0.29, 0.717) is 48.2 Å². The van der Waals surface area contributed by atoms with E-state index in [2.05, 4.69) is 19.1 Å². The van der Waals surface area contributed by atoms with Crippen molar-refractivity contribution in [3.05, 3.63) is 64.7 Å². The largest absolute Gasteiger partial charge is 0.492 e. The highest BCUT2D eigenvalue weighted by Gasteiger charge is 2.36. The quantitative estimate of drug-likeness (QED) is 0.688. The molecule has 3 heteroatoms. The molecule has 134 valence electrons. The lowest BCUT2D eigenvalue weighted by molar-refractivity contribution is 0.0974. The Bertz CT molecular complexity index is 853. The average molecular weight is 348 g/mol. The Morgan fingerprint density at radius 2 is 1.85 bits per heavy atom. The van der Waals surface area contributed by atoms with E-state index in [1.807, 2.05) is 31.2 Å². The summed E-state index contributed by atoms with van der Waals surface area (Å²) in [5, 5.41) is 0. The Balaban J connectivity index is 1.75. The van der Waals surface area contributed by atoms with Crippen LogP contribution in [-0.4, -0.2) is 18.2 Å². The number of hydrogen-bond acceptors (Lipinski definition) is 3. The molecule has 1 aliphatic carbocycles. The zero-order valence-corrected chi connectivity index (χ0v) is 15.3. The summed E-state index contributed by atoms with van der Waals surface area (Å²) in [6, 6.07) is 13.9. The summed E-state index contributed by atoms with van der Waals surface area (Å²) in [5.41, 5.74) is 3.35. The summed E-state index contributed by atoms with van der Waals surface area (Å²) in [4.78, 5) is 25.3. The molecule has 1 fully saturated rings. The van der Waals surface area contributed by atoms with Crippen LogP contribution in [0.5, 0.6) is 5.75 Å². The fourth-order valence-electron chi connectivity index (χ4n) is 3.89. The fourth-order valence-corrected chi connectivity index (χ4v) is 3.89. The minimum Gasteiger partial charge on any atom is -0.492 e. The molecular weight excluding hydrogens is 324 g/mol. The summed E-state index contributed by atoms with van der Waals surface area (Å²) in [7, 11) is 0. The first kappa shape index (κ1) is 17.0. The van der Waals surface area contributed by atoms with Crippen LogP contribution in [0.4, 0.5) is 0 Å². The summed E-state index contributed by atoms with van der Waals surface area (Å²) in [6.45, 7) is 4.55. The van der Waals surface area contributed by atoms with Gasteiger partial charge in [0.25, 0.3) is 0 Å². The lowest BCUT2D eigenvalue weighted by Crippen LogP contribution is -2.07. The molecule has 0 radical (unpaired) electrons. The van der Waals surface area contributed by atoms with Gasteiger partial charge in [0.15, 0.2) is 11.6 Å². The maximum Gasteiger partial charge on any atom is 0.166 e. The van der Waals surface area contributed by atoms with Gasteiger partial charge in [-0.3, -0.25) is 9.59 Å². The van der Waals surface area contributed by atoms with Crippen molar-refractivity contribution >= 4 is 11.6 Å². The first-order chi connectivity index (χ1) is 12.6. The van der Waals surface area contributed by atoms with Gasteiger partial charge in [0.2, 0.25) is 0 Å². The van der Waals surface area contributed by atoms with E-state index >= 15 is 0 Å². The third kappa shape index (κ3) is 3.07. The second-order valence-electron chi connectivity index (χ2n) is 7.59. The van der Waals surface area contributed by atoms with E-state index in [1.165, 1.54) is 0 Å². The van der Waals surface area contributed by atoms with Gasteiger partial charge < -0.3 is 4.74 Å². The van der Waals surface area contributed by atoms with Gasteiger partial charge in [0.05, 0.1) is 12.2 Å². The molecule has 2 aliphatic rings. The van der Waals surface area contributed by atoms with Gasteiger partial charge in [-0.2, -0.15) is 0 Å². The molecule has 0 aromatic heterocycles. The van der Waals surface area contributed by atoms with Gasteiger partial charge >= 0.3 is 0 Å². The summed E-state index contributed by atoms with van der Waals surface area (Å²) >= 11 is 0. The van der Waals surface area contributed by atoms with Crippen molar-refractivity contribution in [1.29, 1.82) is 0 Å². The van der Waals surface area contributed by atoms with Crippen LogP contribution < -0.4 is 4.74 Å². The highest BCUT2D eigenvalue weighted by Crippen LogP contribution is 2.44. The third-order valence-corrected chi connectivity index (χ3v) is 5.76. The third-order valence-electron chi connectivity index (χ3n) is 5.76. The number of fused-ring (bicyclic) bond motifs is 1. The van der Waals surface area contributed by atoms with E-state index < -0.39 is 0 Å². The van der Waals surface area contributed by atoms with Crippen molar-refractivity contribution in [1.82, 2.24) is 0 Å². The molecule has 0 N–H and O–H groups in total. The number of ketones is 2. The Labute approximate surface area is 154 Å². The number of benzene rings is 2. The Kier molecular flexibility index (Phi) is 4.39. The molecule has 0 amide bonds. The average Bonchev–Trinajstić information content (AvgIpc) is 3.19. The predicted octanol–water partition coefficient (Wildman–Crippen LogP) is 5.03. The van der Waals surface area contributed by atoms with Crippen LogP contribution in [0.1, 0.15) is 70.9 Å². The molecule has 1 heterocycles. The molecule has 4 rings (SSSR count). The summed E-state index contributed by atoms with van der Waals surface area (Å²) < 4.78 is 5.93. The standard InChI is InChI=1S/C23H24O3/c1-3-21(24)19-11-17(22(25)12-16-9-14(16)2)10-18-20(13-26-23(18)19)15-7-5-4-6-8-15/h4-8,10-11,14,16,20H,3,9,12-13H2,1-2H3/t14-,16+,20+/m0/s1. The molecule has 3 nitrogen and oxygen atoms in total. The second kappa shape index (κ2) is 6.71. The fraction of sp³-hybridized carbons (Fsp3) is 0.391. The van der Waals surface area contributed by atoms with Gasteiger partial charge in [-0.15, -0.1) is 0 Å². The molecule has 2 aromatic rings. The summed E-state index contributed by atoms with van der Waals surface area (Å²) in [6.07, 6.45) is 2.12. The maximum atomic E-state index is 12.8. The van der Waals surface area contributed by atoms with E-state index in [4.69, 9.17) is 4.74 Å². The lowest BCUT2D eigenvalue weighted by Gasteiger charge is -2.12. The van der Waals surface area contributed by atoms with Crippen molar-refractivity contribution in [3.63, 3.8) is 0 Å². The van der Waals surface area contributed by atoms with Crippen LogP contribution in [0.2, 0.25) is 0 Å². The maximum absolute atomic E-state index is 12.8. The number of ether oxygens (including phenoxy) is 1. The minimum absolute atomic E-state index is 0.0319. The number of Topliss-reactive ketones (excluding diaryl/α,β-unsaturated/α-hetero) is 2. The van der Waals surface area contributed by atoms with Gasteiger partial charge in [-0.05, 0) is 36.0 Å². The SMILES string of the molecule is CCC(=O)c1cc(C(=O)C[C@H]2C[C@@H]2C)cc2c1OC[C@@H]2c1ccccc1. The molecule has 0 spiro atoms. The lowest BCUT2D eigenvalue weighted by atomic mass is 9.88. The Morgan fingerprint density at radius 1 is 1.12 bits per heavy atom. The van der Waals surface area contributed by atoms with Crippen LogP contribution in [-0.2, 0) is 0 Å². The number of carbonyl (C=O) groups excluding carboxylic acids is 2. The normalized spacial score (nSPS) is 23.2. The zero-order valence-electron chi connectivity index (χ0n) is 15.3. The van der Waals surface area contributed by atoms with Gasteiger partial charge in [0, 0.05) is 29.9 Å². The van der Waals surface area contributed by atoms with Crippen molar-refractivity contribution in [3.8, 4) is 5.75 Å². The topological polar surface area (TPSA) is 43.4 Å². The van der Waals surface area contributed by atoms with E-state index in [1.54, 1.807) is 6.07 Å². The second-order valence-corrected chi connectivity index (χ2v) is 7.59. The Morgan fingerprint density at radius 3 is 2.50 bits per heavy atom. The van der Waals surface area contributed by atoms with Crippen LogP contribution in [0.3, 0.4) is 0 Å². The van der Waals surface area contributed by atoms with Gasteiger partial charge in [-0.1, -0.05) is 44.2 Å². The zero-order chi connectivity index (χ0) is 18.3. The highest BCUT2D eigenvalue weighted by atomic mass is 16.5. The molecule has 2 aromatic carbocycles. The van der Waals surface area contributed by atoms with E-state index in [0.717, 1.165) is 17.5 Å². The van der Waals surface area contributed by atoms with Crippen LogP contribution in [0.15, 0.2) is 42.5 Å². The molecule has 1 saturated carbocycles. The first-order valence-electron chi connectivity index (χ1n) is 9.50. The van der Waals surface area contributed by atoms with Crippen molar-refractivity contribution in [2.24, 2.45) is 11.8 Å². The molecule has 26 heavy (non-hydrogen) atoms. The number of carbonyl (C=O) groups is 2.